The lowest BCUT2D eigenvalue weighted by molar-refractivity contribution is 0.145. The van der Waals surface area contributed by atoms with Crippen LogP contribution in [0.25, 0.3) is 6.08 Å². The van der Waals surface area contributed by atoms with E-state index >= 15 is 0 Å². The summed E-state index contributed by atoms with van der Waals surface area (Å²) in [4.78, 5) is 2.47. The van der Waals surface area contributed by atoms with E-state index in [9.17, 15) is 0 Å². The molecule has 0 aliphatic carbocycles. The van der Waals surface area contributed by atoms with Gasteiger partial charge in [0.05, 0.1) is 0 Å². The van der Waals surface area contributed by atoms with Gasteiger partial charge in [0, 0.05) is 20.9 Å². The number of rotatable bonds is 4. The molecule has 0 unspecified atom stereocenters. The Labute approximate surface area is 176 Å². The molecule has 1 radical (unpaired) electrons. The molecule has 0 amide bonds. The van der Waals surface area contributed by atoms with Crippen molar-refractivity contribution in [3.05, 3.63) is 53.1 Å². The van der Waals surface area contributed by atoms with Crippen LogP contribution in [-0.4, -0.2) is 14.6 Å². The molecule has 1 aliphatic heterocycles. The number of ether oxygens (including phenoxy) is 1. The lowest BCUT2D eigenvalue weighted by Gasteiger charge is -2.32. The van der Waals surface area contributed by atoms with E-state index in [0.29, 0.717) is 0 Å². The Morgan fingerprint density at radius 3 is 2.43 bits per heavy atom. The van der Waals surface area contributed by atoms with Crippen molar-refractivity contribution < 1.29 is 9.16 Å². The van der Waals surface area contributed by atoms with E-state index in [-0.39, 0.29) is 11.0 Å². The summed E-state index contributed by atoms with van der Waals surface area (Å²) in [6.45, 7) is 17.5. The molecule has 0 bridgehead atoms. The minimum absolute atomic E-state index is 0.00801. The lowest BCUT2D eigenvalue weighted by Crippen LogP contribution is -2.31. The maximum absolute atomic E-state index is 6.24. The lowest BCUT2D eigenvalue weighted by atomic mass is 9.86. The molecule has 149 valence electrons. The fourth-order valence-electron chi connectivity index (χ4n) is 3.33. The Kier molecular flexibility index (Phi) is 5.75. The van der Waals surface area contributed by atoms with Gasteiger partial charge in [0.1, 0.15) is 17.1 Å². The van der Waals surface area contributed by atoms with Gasteiger partial charge in [0.25, 0.3) is 9.04 Å². The van der Waals surface area contributed by atoms with Gasteiger partial charge in [-0.25, -0.2) is 0 Å². The summed E-state index contributed by atoms with van der Waals surface area (Å²) >= 11 is 1.80. The van der Waals surface area contributed by atoms with Crippen molar-refractivity contribution in [3.8, 4) is 11.5 Å². The van der Waals surface area contributed by atoms with E-state index in [2.05, 4.69) is 97.1 Å². The fourth-order valence-corrected chi connectivity index (χ4v) is 5.17. The van der Waals surface area contributed by atoms with Crippen molar-refractivity contribution in [3.63, 3.8) is 0 Å². The highest BCUT2D eigenvalue weighted by Crippen LogP contribution is 2.44. The Hall–Kier alpha value is -1.65. The van der Waals surface area contributed by atoms with Crippen molar-refractivity contribution in [1.29, 1.82) is 0 Å². The summed E-state index contributed by atoms with van der Waals surface area (Å²) in [5.41, 5.74) is 3.45. The highest BCUT2D eigenvalue weighted by Gasteiger charge is 2.28. The molecule has 2 aromatic carbocycles. The fraction of sp³-hybridized carbons (Fsp3) is 0.417. The second-order valence-electron chi connectivity index (χ2n) is 9.13. The van der Waals surface area contributed by atoms with Crippen LogP contribution in [0.2, 0.25) is 13.1 Å². The number of hydrogen-bond acceptors (Lipinski definition) is 3. The second kappa shape index (κ2) is 7.64. The Morgan fingerprint density at radius 2 is 1.79 bits per heavy atom. The van der Waals surface area contributed by atoms with E-state index in [1.807, 2.05) is 0 Å². The first kappa shape index (κ1) is 21.1. The van der Waals surface area contributed by atoms with Crippen LogP contribution in [0.15, 0.2) is 51.8 Å². The summed E-state index contributed by atoms with van der Waals surface area (Å²) in [5.74, 6) is 1.98. The van der Waals surface area contributed by atoms with Crippen LogP contribution in [-0.2, 0) is 5.41 Å². The third-order valence-electron chi connectivity index (χ3n) is 4.95. The van der Waals surface area contributed by atoms with Gasteiger partial charge in [0.15, 0.2) is 0 Å². The van der Waals surface area contributed by atoms with E-state index < -0.39 is 9.04 Å². The number of fused-ring (bicyclic) bond motifs is 1. The summed E-state index contributed by atoms with van der Waals surface area (Å²) in [5, 5.41) is 0. The average Bonchev–Trinajstić information content (AvgIpc) is 2.54. The van der Waals surface area contributed by atoms with Crippen molar-refractivity contribution >= 4 is 26.9 Å². The first-order valence-electron chi connectivity index (χ1n) is 9.78. The quantitative estimate of drug-likeness (QED) is 0.490. The predicted molar refractivity (Wildman–Crippen MR) is 122 cm³/mol. The van der Waals surface area contributed by atoms with Crippen molar-refractivity contribution in [2.24, 2.45) is 0 Å². The van der Waals surface area contributed by atoms with E-state index in [4.69, 9.17) is 9.16 Å². The molecule has 28 heavy (non-hydrogen) atoms. The average molecular weight is 412 g/mol. The molecule has 0 aromatic heterocycles. The van der Waals surface area contributed by atoms with Crippen molar-refractivity contribution in [2.75, 3.05) is 0 Å². The van der Waals surface area contributed by atoms with Gasteiger partial charge in [-0.2, -0.15) is 0 Å². The van der Waals surface area contributed by atoms with Gasteiger partial charge in [0.2, 0.25) is 0 Å². The standard InChI is InChI=1S/C24H31O2SSi/c1-16-14-17-15-18(12-13-19(17)25-24(16,5)6)27-21-11-9-10-20(26-28(7)8)22(21)23(2,3)4/h9-15H,1-8H3. The van der Waals surface area contributed by atoms with Crippen LogP contribution < -0.4 is 9.16 Å². The van der Waals surface area contributed by atoms with E-state index in [0.717, 1.165) is 17.1 Å². The van der Waals surface area contributed by atoms with Gasteiger partial charge < -0.3 is 9.16 Å². The van der Waals surface area contributed by atoms with Gasteiger partial charge in [-0.3, -0.25) is 0 Å². The molecule has 0 saturated heterocycles. The minimum atomic E-state index is -0.820. The zero-order chi connectivity index (χ0) is 20.7. The topological polar surface area (TPSA) is 18.5 Å². The zero-order valence-corrected chi connectivity index (χ0v) is 20.1. The summed E-state index contributed by atoms with van der Waals surface area (Å²) in [6, 6.07) is 12.9. The molecule has 0 atom stereocenters. The van der Waals surface area contributed by atoms with Gasteiger partial charge in [-0.15, -0.1) is 0 Å². The van der Waals surface area contributed by atoms with Crippen LogP contribution in [0, 0.1) is 0 Å². The van der Waals surface area contributed by atoms with Gasteiger partial charge in [-0.05, 0) is 81.3 Å². The predicted octanol–water partition coefficient (Wildman–Crippen LogP) is 7.34. The zero-order valence-electron chi connectivity index (χ0n) is 18.3. The largest absolute Gasteiger partial charge is 0.542 e. The van der Waals surface area contributed by atoms with Crippen LogP contribution in [0.3, 0.4) is 0 Å². The van der Waals surface area contributed by atoms with Crippen molar-refractivity contribution in [2.45, 2.75) is 75.4 Å². The van der Waals surface area contributed by atoms with Crippen molar-refractivity contribution in [1.82, 2.24) is 0 Å². The highest BCUT2D eigenvalue weighted by atomic mass is 32.2. The SMILES string of the molecule is CC1=Cc2cc(Sc3cccc(O[Si](C)C)c3C(C)(C)C)ccc2OC1(C)C. The molecular formula is C24H31O2SSi. The van der Waals surface area contributed by atoms with Gasteiger partial charge in [-0.1, -0.05) is 38.6 Å². The highest BCUT2D eigenvalue weighted by molar-refractivity contribution is 7.99. The minimum Gasteiger partial charge on any atom is -0.542 e. The molecular weight excluding hydrogens is 380 g/mol. The first-order chi connectivity index (χ1) is 13.0. The molecule has 0 spiro atoms. The maximum Gasteiger partial charge on any atom is 0.274 e. The number of benzene rings is 2. The van der Waals surface area contributed by atoms with Crippen LogP contribution in [0.5, 0.6) is 11.5 Å². The van der Waals surface area contributed by atoms with Crippen LogP contribution >= 0.6 is 11.8 Å². The first-order valence-corrected chi connectivity index (χ1v) is 13.0. The Balaban J connectivity index is 1.99. The second-order valence-corrected chi connectivity index (χ2v) is 12.3. The monoisotopic (exact) mass is 411 g/mol. The number of hydrogen-bond donors (Lipinski definition) is 0. The van der Waals surface area contributed by atoms with Crippen LogP contribution in [0.4, 0.5) is 0 Å². The van der Waals surface area contributed by atoms with E-state index in [1.165, 1.54) is 20.9 Å². The normalized spacial score (nSPS) is 15.7. The molecule has 4 heteroatoms. The summed E-state index contributed by atoms with van der Waals surface area (Å²) < 4.78 is 12.4. The molecule has 3 rings (SSSR count). The molecule has 0 fully saturated rings. The summed E-state index contributed by atoms with van der Waals surface area (Å²) in [6.07, 6.45) is 2.25. The van der Waals surface area contributed by atoms with Gasteiger partial charge >= 0.3 is 0 Å². The Bertz CT molecular complexity index is 907. The Morgan fingerprint density at radius 1 is 1.07 bits per heavy atom. The van der Waals surface area contributed by atoms with E-state index in [1.54, 1.807) is 11.8 Å². The third kappa shape index (κ3) is 4.49. The molecule has 2 aromatic rings. The molecule has 1 aliphatic rings. The smallest absolute Gasteiger partial charge is 0.274 e. The maximum atomic E-state index is 6.24. The molecule has 0 saturated carbocycles. The molecule has 0 N–H and O–H groups in total. The molecule has 1 heterocycles. The third-order valence-corrected chi connectivity index (χ3v) is 6.63. The molecule has 2 nitrogen and oxygen atoms in total. The summed E-state index contributed by atoms with van der Waals surface area (Å²) in [7, 11) is -0.820. The van der Waals surface area contributed by atoms with Crippen LogP contribution in [0.1, 0.15) is 52.7 Å².